The van der Waals surface area contributed by atoms with E-state index in [9.17, 15) is 18.0 Å². The van der Waals surface area contributed by atoms with Crippen molar-refractivity contribution < 1.29 is 18.0 Å². The number of nitrogens with one attached hydrogen (secondary N) is 1. The van der Waals surface area contributed by atoms with E-state index in [0.29, 0.717) is 0 Å². The molecule has 0 saturated carbocycles. The average Bonchev–Trinajstić information content (AvgIpc) is 2.28. The number of benzene rings is 1. The van der Waals surface area contributed by atoms with Gasteiger partial charge in [0.1, 0.15) is 4.99 Å². The van der Waals surface area contributed by atoms with Crippen molar-refractivity contribution >= 4 is 28.7 Å². The fraction of sp³-hybridized carbons (Fsp3) is 0.250. The van der Waals surface area contributed by atoms with Gasteiger partial charge in [0.25, 0.3) is 0 Å². The number of rotatable bonds is 3. The van der Waals surface area contributed by atoms with Crippen LogP contribution in [0.3, 0.4) is 0 Å². The van der Waals surface area contributed by atoms with Gasteiger partial charge in [0, 0.05) is 0 Å². The molecule has 100 valence electrons. The fourth-order valence-electron chi connectivity index (χ4n) is 1.38. The van der Waals surface area contributed by atoms with Gasteiger partial charge in [-0.15, -0.1) is 0 Å². The first-order valence-electron chi connectivity index (χ1n) is 5.14. The molecule has 0 aliphatic carbocycles. The number of halogens is 3. The first-order valence-corrected chi connectivity index (χ1v) is 5.55. The lowest BCUT2D eigenvalue weighted by Gasteiger charge is -2.16. The van der Waals surface area contributed by atoms with Crippen LogP contribution >= 0.6 is 12.2 Å². The molecule has 0 fully saturated rings. The van der Waals surface area contributed by atoms with Crippen molar-refractivity contribution in [3.63, 3.8) is 0 Å². The van der Waals surface area contributed by atoms with Gasteiger partial charge in [0.05, 0.1) is 17.3 Å². The second-order valence-electron chi connectivity index (χ2n) is 3.71. The topological polar surface area (TPSA) is 52.9 Å². The molecule has 0 spiro atoms. The first kappa shape index (κ1) is 15.1. The average molecular weight is 286 g/mol. The molecular weight excluding hydrogens is 277 g/mol. The molecule has 0 heterocycles. The zero-order valence-electron chi connectivity index (χ0n) is 9.78. The van der Waals surface area contributed by atoms with E-state index in [1.165, 1.54) is 18.2 Å². The molecule has 0 amide bonds. The summed E-state index contributed by atoms with van der Waals surface area (Å²) in [6.45, 7) is 1.15. The Balaban J connectivity index is 3.05. The third kappa shape index (κ3) is 3.76. The number of nitriles is 1. The summed E-state index contributed by atoms with van der Waals surface area (Å²) in [5, 5.41) is 11.1. The lowest BCUT2D eigenvalue weighted by atomic mass is 10.1. The van der Waals surface area contributed by atoms with Crippen molar-refractivity contribution in [2.75, 3.05) is 5.32 Å². The summed E-state index contributed by atoms with van der Waals surface area (Å²) in [7, 11) is 0. The number of carbonyl (C=O) groups is 1. The summed E-state index contributed by atoms with van der Waals surface area (Å²) < 4.78 is 38.2. The number of hydrogen-bond acceptors (Lipinski definition) is 3. The third-order valence-corrected chi connectivity index (χ3v) is 2.63. The van der Waals surface area contributed by atoms with Gasteiger partial charge in [-0.2, -0.15) is 18.4 Å². The molecule has 0 aliphatic heterocycles. The van der Waals surface area contributed by atoms with Crippen molar-refractivity contribution in [1.29, 1.82) is 5.26 Å². The lowest BCUT2D eigenvalue weighted by Crippen LogP contribution is -2.26. The zero-order valence-corrected chi connectivity index (χ0v) is 10.6. The van der Waals surface area contributed by atoms with Crippen LogP contribution in [-0.4, -0.2) is 10.8 Å². The van der Waals surface area contributed by atoms with Crippen molar-refractivity contribution in [3.05, 3.63) is 29.8 Å². The number of Topliss-reactive ketones (excluding diaryl/α,β-unsaturated/α-hetero) is 1. The van der Waals surface area contributed by atoms with Crippen LogP contribution in [0.15, 0.2) is 24.3 Å². The minimum absolute atomic E-state index is 0.244. The molecule has 0 aromatic heterocycles. The standard InChI is InChI=1S/C12H9F3N2OS/c1-7(18)8(6-16)11(19)17-10-5-3-2-4-9(10)12(13,14)15/h2-5,8H,1H3,(H,17,19). The molecule has 1 aromatic carbocycles. The summed E-state index contributed by atoms with van der Waals surface area (Å²) in [6.07, 6.45) is -4.54. The van der Waals surface area contributed by atoms with Crippen LogP contribution in [-0.2, 0) is 11.0 Å². The van der Waals surface area contributed by atoms with Crippen LogP contribution in [0.5, 0.6) is 0 Å². The van der Waals surface area contributed by atoms with Crippen molar-refractivity contribution in [3.8, 4) is 6.07 Å². The number of hydrogen-bond donors (Lipinski definition) is 1. The second kappa shape index (κ2) is 5.80. The quantitative estimate of drug-likeness (QED) is 0.867. The van der Waals surface area contributed by atoms with E-state index in [1.54, 1.807) is 6.07 Å². The second-order valence-corrected chi connectivity index (χ2v) is 4.15. The number of alkyl halides is 3. The number of thiocarbonyl (C=S) groups is 1. The van der Waals surface area contributed by atoms with Crippen LogP contribution in [0.4, 0.5) is 18.9 Å². The van der Waals surface area contributed by atoms with Gasteiger partial charge in [-0.3, -0.25) is 4.79 Å². The van der Waals surface area contributed by atoms with Gasteiger partial charge in [0.2, 0.25) is 0 Å². The van der Waals surface area contributed by atoms with Gasteiger partial charge >= 0.3 is 6.18 Å². The molecular formula is C12H9F3N2OS. The molecule has 19 heavy (non-hydrogen) atoms. The van der Waals surface area contributed by atoms with Crippen LogP contribution < -0.4 is 5.32 Å². The third-order valence-electron chi connectivity index (χ3n) is 2.29. The van der Waals surface area contributed by atoms with Crippen molar-refractivity contribution in [1.82, 2.24) is 0 Å². The van der Waals surface area contributed by atoms with E-state index in [4.69, 9.17) is 17.5 Å². The van der Waals surface area contributed by atoms with Gasteiger partial charge in [0.15, 0.2) is 11.7 Å². The number of ketones is 1. The summed E-state index contributed by atoms with van der Waals surface area (Å²) in [5.74, 6) is -1.78. The van der Waals surface area contributed by atoms with Gasteiger partial charge in [-0.05, 0) is 19.1 Å². The summed E-state index contributed by atoms with van der Waals surface area (Å²) in [5.41, 5.74) is -1.18. The van der Waals surface area contributed by atoms with E-state index in [-0.39, 0.29) is 10.7 Å². The Morgan fingerprint density at radius 3 is 2.47 bits per heavy atom. The van der Waals surface area contributed by atoms with Gasteiger partial charge < -0.3 is 5.32 Å². The summed E-state index contributed by atoms with van der Waals surface area (Å²) in [6, 6.07) is 6.36. The highest BCUT2D eigenvalue weighted by molar-refractivity contribution is 7.80. The molecule has 7 heteroatoms. The highest BCUT2D eigenvalue weighted by Gasteiger charge is 2.33. The van der Waals surface area contributed by atoms with Crippen molar-refractivity contribution in [2.45, 2.75) is 13.1 Å². The zero-order chi connectivity index (χ0) is 14.6. The normalized spacial score (nSPS) is 12.4. The molecule has 0 bridgehead atoms. The number of anilines is 1. The van der Waals surface area contributed by atoms with Gasteiger partial charge in [-0.25, -0.2) is 0 Å². The smallest absolute Gasteiger partial charge is 0.348 e. The van der Waals surface area contributed by atoms with Crippen LogP contribution in [0, 0.1) is 17.2 Å². The van der Waals surface area contributed by atoms with E-state index >= 15 is 0 Å². The predicted octanol–water partition coefficient (Wildman–Crippen LogP) is 3.17. The largest absolute Gasteiger partial charge is 0.418 e. The molecule has 1 rings (SSSR count). The van der Waals surface area contributed by atoms with Crippen LogP contribution in [0.1, 0.15) is 12.5 Å². The molecule has 3 nitrogen and oxygen atoms in total. The predicted molar refractivity (Wildman–Crippen MR) is 67.4 cm³/mol. The highest BCUT2D eigenvalue weighted by Crippen LogP contribution is 2.34. The SMILES string of the molecule is CC(=O)C(C#N)C(=S)Nc1ccccc1C(F)(F)F. The Morgan fingerprint density at radius 1 is 1.42 bits per heavy atom. The Hall–Kier alpha value is -1.94. The minimum atomic E-state index is -4.54. The Bertz CT molecular complexity index is 549. The Morgan fingerprint density at radius 2 is 2.00 bits per heavy atom. The molecule has 0 aliphatic rings. The molecule has 0 radical (unpaired) electrons. The number of carbonyl (C=O) groups excluding carboxylic acids is 1. The fourth-order valence-corrected chi connectivity index (χ4v) is 1.71. The van der Waals surface area contributed by atoms with Gasteiger partial charge in [-0.1, -0.05) is 24.4 Å². The van der Waals surface area contributed by atoms with E-state index in [1.807, 2.05) is 0 Å². The van der Waals surface area contributed by atoms with Crippen LogP contribution in [0.25, 0.3) is 0 Å². The van der Waals surface area contributed by atoms with E-state index < -0.39 is 23.4 Å². The van der Waals surface area contributed by atoms with Crippen LogP contribution in [0.2, 0.25) is 0 Å². The van der Waals surface area contributed by atoms with E-state index in [0.717, 1.165) is 13.0 Å². The molecule has 1 aromatic rings. The maximum absolute atomic E-state index is 12.7. The molecule has 1 N–H and O–H groups in total. The number of nitrogens with zero attached hydrogens (tertiary/aromatic N) is 1. The molecule has 1 atom stereocenters. The lowest BCUT2D eigenvalue weighted by molar-refractivity contribution is -0.136. The van der Waals surface area contributed by atoms with E-state index in [2.05, 4.69) is 5.32 Å². The summed E-state index contributed by atoms with van der Waals surface area (Å²) in [4.78, 5) is 10.9. The number of para-hydroxylation sites is 1. The monoisotopic (exact) mass is 286 g/mol. The minimum Gasteiger partial charge on any atom is -0.348 e. The first-order chi connectivity index (χ1) is 8.77. The summed E-state index contributed by atoms with van der Waals surface area (Å²) >= 11 is 4.79. The Kier molecular flexibility index (Phi) is 4.62. The maximum atomic E-state index is 12.7. The highest BCUT2D eigenvalue weighted by atomic mass is 32.1. The molecule has 1 unspecified atom stereocenters. The van der Waals surface area contributed by atoms with Crippen molar-refractivity contribution in [2.24, 2.45) is 5.92 Å². The molecule has 0 saturated heterocycles. The Labute approximate surface area is 113 Å². The maximum Gasteiger partial charge on any atom is 0.418 e.